The molecule has 0 aromatic carbocycles. The van der Waals surface area contributed by atoms with Crippen molar-refractivity contribution in [2.24, 2.45) is 29.6 Å². The van der Waals surface area contributed by atoms with Crippen molar-refractivity contribution in [1.82, 2.24) is 0 Å². The molecule has 3 fully saturated rings. The van der Waals surface area contributed by atoms with Crippen LogP contribution < -0.4 is 0 Å². The van der Waals surface area contributed by atoms with Gasteiger partial charge >= 0.3 is 0 Å². The van der Waals surface area contributed by atoms with Gasteiger partial charge in [0.15, 0.2) is 0 Å². The molecular weight excluding hydrogens is 252 g/mol. The van der Waals surface area contributed by atoms with Crippen molar-refractivity contribution in [2.75, 3.05) is 0 Å². The molecule has 110 valence electrons. The first-order valence-corrected chi connectivity index (χ1v) is 8.10. The number of carbonyl (C=O) groups excluding carboxylic acids is 3. The average Bonchev–Trinajstić information content (AvgIpc) is 2.77. The van der Waals surface area contributed by atoms with Crippen LogP contribution >= 0.6 is 0 Å². The van der Waals surface area contributed by atoms with Gasteiger partial charge in [-0.2, -0.15) is 0 Å². The number of hydrogen-bond donors (Lipinski definition) is 0. The van der Waals surface area contributed by atoms with Crippen molar-refractivity contribution in [3.05, 3.63) is 0 Å². The zero-order chi connectivity index (χ0) is 14.3. The Morgan fingerprint density at radius 2 is 1.85 bits per heavy atom. The summed E-state index contributed by atoms with van der Waals surface area (Å²) >= 11 is 0. The minimum absolute atomic E-state index is 0.0919. The number of ketones is 3. The molecule has 3 rings (SSSR count). The van der Waals surface area contributed by atoms with Crippen LogP contribution in [0.2, 0.25) is 0 Å². The summed E-state index contributed by atoms with van der Waals surface area (Å²) in [5, 5.41) is 0. The Labute approximate surface area is 120 Å². The van der Waals surface area contributed by atoms with Crippen LogP contribution in [-0.2, 0) is 14.4 Å². The van der Waals surface area contributed by atoms with E-state index in [-0.39, 0.29) is 11.7 Å². The topological polar surface area (TPSA) is 51.2 Å². The number of fused-ring (bicyclic) bond motifs is 3. The SMILES string of the molecule is CC(=O)CC[C@@H]1C(=O)CC[C@@H]2C3CC(=O)C[C@@H]3CCC21. The fourth-order valence-electron chi connectivity index (χ4n) is 5.11. The number of Topliss-reactive ketones (excluding diaryl/α,β-unsaturated/α-hetero) is 3. The third kappa shape index (κ3) is 2.47. The summed E-state index contributed by atoms with van der Waals surface area (Å²) in [7, 11) is 0. The maximum atomic E-state index is 12.2. The van der Waals surface area contributed by atoms with Crippen LogP contribution in [0.5, 0.6) is 0 Å². The van der Waals surface area contributed by atoms with Gasteiger partial charge in [-0.25, -0.2) is 0 Å². The van der Waals surface area contributed by atoms with Crippen molar-refractivity contribution < 1.29 is 14.4 Å². The quantitative estimate of drug-likeness (QED) is 0.796. The van der Waals surface area contributed by atoms with E-state index in [1.54, 1.807) is 6.92 Å². The van der Waals surface area contributed by atoms with Crippen LogP contribution in [0.25, 0.3) is 0 Å². The Hall–Kier alpha value is -0.990. The lowest BCUT2D eigenvalue weighted by molar-refractivity contribution is -0.132. The second kappa shape index (κ2) is 5.42. The highest BCUT2D eigenvalue weighted by atomic mass is 16.1. The van der Waals surface area contributed by atoms with Gasteiger partial charge in [0.1, 0.15) is 17.3 Å². The largest absolute Gasteiger partial charge is 0.300 e. The van der Waals surface area contributed by atoms with Gasteiger partial charge in [-0.3, -0.25) is 9.59 Å². The van der Waals surface area contributed by atoms with Crippen molar-refractivity contribution in [1.29, 1.82) is 0 Å². The maximum absolute atomic E-state index is 12.2. The average molecular weight is 276 g/mol. The molecule has 5 atom stereocenters. The smallest absolute Gasteiger partial charge is 0.136 e. The van der Waals surface area contributed by atoms with Crippen LogP contribution in [-0.4, -0.2) is 17.3 Å². The van der Waals surface area contributed by atoms with E-state index in [0.29, 0.717) is 48.1 Å². The molecule has 3 nitrogen and oxygen atoms in total. The normalized spacial score (nSPS) is 40.4. The van der Waals surface area contributed by atoms with Crippen LogP contribution in [0.4, 0.5) is 0 Å². The summed E-state index contributed by atoms with van der Waals surface area (Å²) in [6.07, 6.45) is 6.65. The van der Waals surface area contributed by atoms with E-state index in [4.69, 9.17) is 0 Å². The second-order valence-corrected chi connectivity index (χ2v) is 7.13. The first kappa shape index (κ1) is 14.0. The molecular formula is C17H24O3. The highest BCUT2D eigenvalue weighted by Gasteiger charge is 2.49. The molecule has 3 saturated carbocycles. The van der Waals surface area contributed by atoms with E-state index in [9.17, 15) is 14.4 Å². The highest BCUT2D eigenvalue weighted by Crippen LogP contribution is 2.53. The molecule has 0 N–H and O–H groups in total. The van der Waals surface area contributed by atoms with Gasteiger partial charge < -0.3 is 4.79 Å². The molecule has 20 heavy (non-hydrogen) atoms. The third-order valence-electron chi connectivity index (χ3n) is 5.99. The van der Waals surface area contributed by atoms with Gasteiger partial charge in [0, 0.05) is 31.6 Å². The summed E-state index contributed by atoms with van der Waals surface area (Å²) in [5.74, 6) is 3.21. The van der Waals surface area contributed by atoms with Gasteiger partial charge in [0.2, 0.25) is 0 Å². The molecule has 0 amide bonds. The molecule has 0 saturated heterocycles. The fourth-order valence-corrected chi connectivity index (χ4v) is 5.11. The molecule has 3 aliphatic rings. The zero-order valence-electron chi connectivity index (χ0n) is 12.3. The Bertz CT molecular complexity index is 440. The molecule has 0 aromatic rings. The molecule has 3 heteroatoms. The number of carbonyl (C=O) groups is 3. The molecule has 0 aromatic heterocycles. The number of rotatable bonds is 3. The van der Waals surface area contributed by atoms with Gasteiger partial charge in [-0.1, -0.05) is 0 Å². The molecule has 0 aliphatic heterocycles. The monoisotopic (exact) mass is 276 g/mol. The Morgan fingerprint density at radius 1 is 1.05 bits per heavy atom. The van der Waals surface area contributed by atoms with Crippen LogP contribution in [0.3, 0.4) is 0 Å². The molecule has 0 heterocycles. The summed E-state index contributed by atoms with van der Waals surface area (Å²) in [6, 6.07) is 0. The standard InChI is InChI=1S/C17H24O3/c1-10(18)2-4-15-13-5-3-11-8-12(19)9-16(11)14(13)6-7-17(15)20/h11,13-16H,2-9H2,1H3/t11-,13?,14-,15-,16?/m0/s1. The second-order valence-electron chi connectivity index (χ2n) is 7.13. The van der Waals surface area contributed by atoms with Gasteiger partial charge in [0.05, 0.1) is 0 Å². The van der Waals surface area contributed by atoms with Gasteiger partial charge in [0.25, 0.3) is 0 Å². The Kier molecular flexibility index (Phi) is 3.78. The minimum Gasteiger partial charge on any atom is -0.300 e. The third-order valence-corrected chi connectivity index (χ3v) is 5.99. The maximum Gasteiger partial charge on any atom is 0.136 e. The van der Waals surface area contributed by atoms with Crippen LogP contribution in [0.15, 0.2) is 0 Å². The van der Waals surface area contributed by atoms with E-state index >= 15 is 0 Å². The summed E-state index contributed by atoms with van der Waals surface area (Å²) in [6.45, 7) is 1.61. The summed E-state index contributed by atoms with van der Waals surface area (Å²) in [5.41, 5.74) is 0. The predicted molar refractivity (Wildman–Crippen MR) is 75.1 cm³/mol. The van der Waals surface area contributed by atoms with Gasteiger partial charge in [-0.15, -0.1) is 0 Å². The van der Waals surface area contributed by atoms with E-state index in [1.807, 2.05) is 0 Å². The Balaban J connectivity index is 1.74. The zero-order valence-corrected chi connectivity index (χ0v) is 12.3. The summed E-state index contributed by atoms with van der Waals surface area (Å²) in [4.78, 5) is 35.2. The van der Waals surface area contributed by atoms with E-state index < -0.39 is 0 Å². The van der Waals surface area contributed by atoms with Gasteiger partial charge in [-0.05, 0) is 56.3 Å². The molecule has 2 unspecified atom stereocenters. The van der Waals surface area contributed by atoms with E-state index in [1.165, 1.54) is 0 Å². The van der Waals surface area contributed by atoms with Crippen molar-refractivity contribution in [3.8, 4) is 0 Å². The fraction of sp³-hybridized carbons (Fsp3) is 0.824. The van der Waals surface area contributed by atoms with E-state index in [2.05, 4.69) is 0 Å². The Morgan fingerprint density at radius 3 is 2.60 bits per heavy atom. The number of hydrogen-bond acceptors (Lipinski definition) is 3. The first-order valence-electron chi connectivity index (χ1n) is 8.10. The first-order chi connectivity index (χ1) is 9.56. The van der Waals surface area contributed by atoms with Crippen LogP contribution in [0, 0.1) is 29.6 Å². The molecule has 0 bridgehead atoms. The molecule has 3 aliphatic carbocycles. The minimum atomic E-state index is 0.0919. The van der Waals surface area contributed by atoms with Crippen molar-refractivity contribution in [3.63, 3.8) is 0 Å². The summed E-state index contributed by atoms with van der Waals surface area (Å²) < 4.78 is 0. The highest BCUT2D eigenvalue weighted by molar-refractivity contribution is 5.84. The lowest BCUT2D eigenvalue weighted by Gasteiger charge is -2.46. The predicted octanol–water partition coefficient (Wildman–Crippen LogP) is 2.96. The lowest BCUT2D eigenvalue weighted by Crippen LogP contribution is -2.42. The van der Waals surface area contributed by atoms with Crippen LogP contribution in [0.1, 0.15) is 58.3 Å². The molecule has 0 radical (unpaired) electrons. The lowest BCUT2D eigenvalue weighted by atomic mass is 9.58. The van der Waals surface area contributed by atoms with Crippen molar-refractivity contribution in [2.45, 2.75) is 58.3 Å². The molecule has 0 spiro atoms. The van der Waals surface area contributed by atoms with E-state index in [0.717, 1.165) is 38.5 Å². The van der Waals surface area contributed by atoms with Crippen molar-refractivity contribution >= 4 is 17.3 Å².